The van der Waals surface area contributed by atoms with E-state index in [0.29, 0.717) is 5.69 Å². The third kappa shape index (κ3) is 4.10. The van der Waals surface area contributed by atoms with E-state index in [2.05, 4.69) is 15.6 Å². The predicted octanol–water partition coefficient (Wildman–Crippen LogP) is 0.744. The van der Waals surface area contributed by atoms with E-state index in [1.807, 2.05) is 6.07 Å². The number of rotatable bonds is 4. The Bertz CT molecular complexity index is 404. The summed E-state index contributed by atoms with van der Waals surface area (Å²) in [5.74, 6) is -1.09. The second-order valence-electron chi connectivity index (χ2n) is 4.06. The minimum absolute atomic E-state index is 0.252. The molecule has 0 aliphatic carbocycles. The number of amides is 2. The van der Waals surface area contributed by atoms with Crippen molar-refractivity contribution in [3.63, 3.8) is 0 Å². The summed E-state index contributed by atoms with van der Waals surface area (Å²) in [6.45, 7) is 3.08. The lowest BCUT2D eigenvalue weighted by atomic mass is 10.1. The van der Waals surface area contributed by atoms with Crippen LogP contribution >= 0.6 is 0 Å². The van der Waals surface area contributed by atoms with Crippen molar-refractivity contribution < 1.29 is 14.7 Å². The Morgan fingerprint density at radius 1 is 1.41 bits per heavy atom. The van der Waals surface area contributed by atoms with Crippen molar-refractivity contribution in [1.29, 1.82) is 0 Å². The fourth-order valence-electron chi connectivity index (χ4n) is 1.06. The topological polar surface area (TPSA) is 91.3 Å². The lowest BCUT2D eigenvalue weighted by Crippen LogP contribution is -2.53. The summed E-state index contributed by atoms with van der Waals surface area (Å²) in [4.78, 5) is 26.2. The highest BCUT2D eigenvalue weighted by Gasteiger charge is 2.28. The van der Waals surface area contributed by atoms with Gasteiger partial charge in [0.25, 0.3) is 0 Å². The van der Waals surface area contributed by atoms with Crippen LogP contribution in [0.3, 0.4) is 0 Å². The second-order valence-corrected chi connectivity index (χ2v) is 4.06. The van der Waals surface area contributed by atoms with E-state index in [1.54, 1.807) is 18.3 Å². The molecule has 0 aliphatic heterocycles. The van der Waals surface area contributed by atoms with Gasteiger partial charge in [-0.3, -0.25) is 4.98 Å². The van der Waals surface area contributed by atoms with Crippen LogP contribution in [0.2, 0.25) is 0 Å². The molecule has 17 heavy (non-hydrogen) atoms. The largest absolute Gasteiger partial charge is 0.480 e. The highest BCUT2D eigenvalue weighted by atomic mass is 16.4. The first kappa shape index (κ1) is 13.0. The summed E-state index contributed by atoms with van der Waals surface area (Å²) >= 11 is 0. The molecule has 0 spiro atoms. The maximum Gasteiger partial charge on any atom is 0.328 e. The van der Waals surface area contributed by atoms with Crippen LogP contribution in [0, 0.1) is 0 Å². The number of carbonyl (C=O) groups is 2. The summed E-state index contributed by atoms with van der Waals surface area (Å²) in [5, 5.41) is 13.7. The fraction of sp³-hybridized carbons (Fsp3) is 0.364. The first-order valence-corrected chi connectivity index (χ1v) is 5.11. The van der Waals surface area contributed by atoms with E-state index >= 15 is 0 Å². The van der Waals surface area contributed by atoms with Gasteiger partial charge in [0.2, 0.25) is 0 Å². The predicted molar refractivity (Wildman–Crippen MR) is 61.3 cm³/mol. The molecule has 0 saturated heterocycles. The average Bonchev–Trinajstić information content (AvgIpc) is 2.27. The SMILES string of the molecule is CC(C)(NC(=O)NCc1ccccn1)C(=O)O. The molecule has 1 aromatic heterocycles. The maximum atomic E-state index is 11.4. The first-order chi connectivity index (χ1) is 7.92. The van der Waals surface area contributed by atoms with Crippen LogP contribution in [-0.2, 0) is 11.3 Å². The van der Waals surface area contributed by atoms with E-state index < -0.39 is 17.5 Å². The van der Waals surface area contributed by atoms with Gasteiger partial charge < -0.3 is 15.7 Å². The fourth-order valence-corrected chi connectivity index (χ4v) is 1.06. The Morgan fingerprint density at radius 2 is 2.12 bits per heavy atom. The van der Waals surface area contributed by atoms with Crippen molar-refractivity contribution in [2.75, 3.05) is 0 Å². The highest BCUT2D eigenvalue weighted by molar-refractivity contribution is 5.85. The van der Waals surface area contributed by atoms with Gasteiger partial charge in [0.1, 0.15) is 5.54 Å². The van der Waals surface area contributed by atoms with E-state index in [9.17, 15) is 9.59 Å². The van der Waals surface area contributed by atoms with Crippen molar-refractivity contribution in [3.05, 3.63) is 30.1 Å². The number of carboxylic acids is 1. The molecule has 3 N–H and O–H groups in total. The van der Waals surface area contributed by atoms with Gasteiger partial charge in [-0.05, 0) is 26.0 Å². The molecule has 0 aliphatic rings. The third-order valence-corrected chi connectivity index (χ3v) is 2.12. The summed E-state index contributed by atoms with van der Waals surface area (Å²) < 4.78 is 0. The molecule has 92 valence electrons. The normalized spacial score (nSPS) is 10.7. The van der Waals surface area contributed by atoms with Crippen LogP contribution in [0.25, 0.3) is 0 Å². The Hall–Kier alpha value is -2.11. The summed E-state index contributed by atoms with van der Waals surface area (Å²) in [6.07, 6.45) is 1.62. The monoisotopic (exact) mass is 237 g/mol. The number of aliphatic carboxylic acids is 1. The highest BCUT2D eigenvalue weighted by Crippen LogP contribution is 2.01. The van der Waals surface area contributed by atoms with Crippen molar-refractivity contribution >= 4 is 12.0 Å². The lowest BCUT2D eigenvalue weighted by molar-refractivity contribution is -0.142. The smallest absolute Gasteiger partial charge is 0.328 e. The zero-order valence-corrected chi connectivity index (χ0v) is 9.73. The molecule has 0 radical (unpaired) electrons. The number of nitrogens with zero attached hydrogens (tertiary/aromatic N) is 1. The summed E-state index contributed by atoms with van der Waals surface area (Å²) in [7, 11) is 0. The molecule has 0 fully saturated rings. The molecule has 1 aromatic rings. The van der Waals surface area contributed by atoms with E-state index in [1.165, 1.54) is 13.8 Å². The minimum atomic E-state index is -1.30. The quantitative estimate of drug-likeness (QED) is 0.720. The molecule has 0 aromatic carbocycles. The van der Waals surface area contributed by atoms with Gasteiger partial charge >= 0.3 is 12.0 Å². The molecule has 1 heterocycles. The Kier molecular flexibility index (Phi) is 4.03. The van der Waals surface area contributed by atoms with Gasteiger partial charge in [-0.15, -0.1) is 0 Å². The number of urea groups is 1. The van der Waals surface area contributed by atoms with E-state index in [0.717, 1.165) is 0 Å². The van der Waals surface area contributed by atoms with Crippen molar-refractivity contribution in [3.8, 4) is 0 Å². The molecular weight excluding hydrogens is 222 g/mol. The molecule has 1 rings (SSSR count). The Morgan fingerprint density at radius 3 is 2.65 bits per heavy atom. The van der Waals surface area contributed by atoms with Gasteiger partial charge in [0, 0.05) is 6.20 Å². The number of hydrogen-bond donors (Lipinski definition) is 3. The zero-order chi connectivity index (χ0) is 12.9. The molecule has 6 nitrogen and oxygen atoms in total. The van der Waals surface area contributed by atoms with Crippen LogP contribution in [0.1, 0.15) is 19.5 Å². The summed E-state index contributed by atoms with van der Waals surface area (Å²) in [6, 6.07) is 4.81. The molecule has 0 saturated carbocycles. The molecule has 0 atom stereocenters. The van der Waals surface area contributed by atoms with Gasteiger partial charge in [-0.2, -0.15) is 0 Å². The number of hydrogen-bond acceptors (Lipinski definition) is 3. The first-order valence-electron chi connectivity index (χ1n) is 5.11. The van der Waals surface area contributed by atoms with Crippen LogP contribution in [0.4, 0.5) is 4.79 Å². The third-order valence-electron chi connectivity index (χ3n) is 2.12. The molecule has 2 amide bonds. The standard InChI is InChI=1S/C11H15N3O3/c1-11(2,9(15)16)14-10(17)13-7-8-5-3-4-6-12-8/h3-6H,7H2,1-2H3,(H,15,16)(H2,13,14,17). The van der Waals surface area contributed by atoms with E-state index in [-0.39, 0.29) is 6.54 Å². The number of pyridine rings is 1. The molecule has 0 bridgehead atoms. The van der Waals surface area contributed by atoms with Gasteiger partial charge in [-0.25, -0.2) is 9.59 Å². The van der Waals surface area contributed by atoms with Crippen LogP contribution in [0.15, 0.2) is 24.4 Å². The molecule has 6 heteroatoms. The molecule has 0 unspecified atom stereocenters. The number of carbonyl (C=O) groups excluding carboxylic acids is 1. The Labute approximate surface area is 99.1 Å². The van der Waals surface area contributed by atoms with Crippen LogP contribution < -0.4 is 10.6 Å². The van der Waals surface area contributed by atoms with Crippen molar-refractivity contribution in [2.24, 2.45) is 0 Å². The lowest BCUT2D eigenvalue weighted by Gasteiger charge is -2.21. The minimum Gasteiger partial charge on any atom is -0.480 e. The van der Waals surface area contributed by atoms with E-state index in [4.69, 9.17) is 5.11 Å². The number of nitrogens with one attached hydrogen (secondary N) is 2. The number of aromatic nitrogens is 1. The van der Waals surface area contributed by atoms with Gasteiger partial charge in [0.15, 0.2) is 0 Å². The molecular formula is C11H15N3O3. The average molecular weight is 237 g/mol. The summed E-state index contributed by atoms with van der Waals surface area (Å²) in [5.41, 5.74) is -0.593. The maximum absolute atomic E-state index is 11.4. The van der Waals surface area contributed by atoms with Gasteiger partial charge in [0.05, 0.1) is 12.2 Å². The van der Waals surface area contributed by atoms with Crippen LogP contribution in [0.5, 0.6) is 0 Å². The zero-order valence-electron chi connectivity index (χ0n) is 9.73. The van der Waals surface area contributed by atoms with Crippen LogP contribution in [-0.4, -0.2) is 27.6 Å². The van der Waals surface area contributed by atoms with Gasteiger partial charge in [-0.1, -0.05) is 6.07 Å². The van der Waals surface area contributed by atoms with Crippen molar-refractivity contribution in [1.82, 2.24) is 15.6 Å². The van der Waals surface area contributed by atoms with Crippen molar-refractivity contribution in [2.45, 2.75) is 25.9 Å². The number of carboxylic acid groups (broad SMARTS) is 1. The second kappa shape index (κ2) is 5.29. The Balaban J connectivity index is 2.44.